The summed E-state index contributed by atoms with van der Waals surface area (Å²) in [6.45, 7) is 10.4. The van der Waals surface area contributed by atoms with Crippen LogP contribution < -0.4 is 5.43 Å². The first-order valence-electron chi connectivity index (χ1n) is 10.4. The number of aromatic nitrogens is 1. The quantitative estimate of drug-likeness (QED) is 0.353. The molecule has 6 nitrogen and oxygen atoms in total. The van der Waals surface area contributed by atoms with Crippen molar-refractivity contribution in [1.29, 1.82) is 0 Å². The number of hydrogen-bond acceptors (Lipinski definition) is 4. The summed E-state index contributed by atoms with van der Waals surface area (Å²) in [6, 6.07) is 16.8. The molecular formula is C26H29N3O3. The number of methoxy groups -OCH3 is 1. The molecule has 6 heteroatoms. The van der Waals surface area contributed by atoms with Gasteiger partial charge in [-0.05, 0) is 67.3 Å². The third-order valence-corrected chi connectivity index (χ3v) is 5.40. The van der Waals surface area contributed by atoms with Crippen molar-refractivity contribution in [2.45, 2.75) is 40.0 Å². The minimum atomic E-state index is -0.367. The lowest BCUT2D eigenvalue weighted by Gasteiger charge is -2.18. The van der Waals surface area contributed by atoms with Crippen molar-refractivity contribution in [2.75, 3.05) is 7.11 Å². The number of aryl methyl sites for hydroxylation is 1. The fourth-order valence-electron chi connectivity index (χ4n) is 3.53. The van der Waals surface area contributed by atoms with Crippen LogP contribution in [0.3, 0.4) is 0 Å². The Kier molecular flexibility index (Phi) is 6.63. The number of nitrogens with zero attached hydrogens (tertiary/aromatic N) is 2. The summed E-state index contributed by atoms with van der Waals surface area (Å²) in [5, 5.41) is 4.15. The molecule has 2 aromatic carbocycles. The number of amides is 1. The third-order valence-electron chi connectivity index (χ3n) is 5.40. The standard InChI is InChI=1S/C26H29N3O3/c1-17-15-21(18(2)29(17)23-13-9-20(10-14-23)25(31)32-6)16-27-28-24(30)19-7-11-22(12-8-19)26(3,4)5/h7-16H,1-6H3,(H,28,30)/b27-16-. The molecule has 0 radical (unpaired) electrons. The lowest BCUT2D eigenvalue weighted by Crippen LogP contribution is -2.18. The number of benzene rings is 2. The molecule has 3 rings (SSSR count). The normalized spacial score (nSPS) is 11.6. The van der Waals surface area contributed by atoms with Gasteiger partial charge >= 0.3 is 5.97 Å². The Morgan fingerprint density at radius 1 is 0.969 bits per heavy atom. The first kappa shape index (κ1) is 23.0. The summed E-state index contributed by atoms with van der Waals surface area (Å²) in [5.74, 6) is -0.622. The van der Waals surface area contributed by atoms with Crippen molar-refractivity contribution >= 4 is 18.1 Å². The molecule has 0 atom stereocenters. The van der Waals surface area contributed by atoms with Gasteiger partial charge in [-0.15, -0.1) is 0 Å². The van der Waals surface area contributed by atoms with Crippen LogP contribution in [0.2, 0.25) is 0 Å². The summed E-state index contributed by atoms with van der Waals surface area (Å²) in [5.41, 5.74) is 8.67. The highest BCUT2D eigenvalue weighted by Crippen LogP contribution is 2.22. The van der Waals surface area contributed by atoms with Crippen molar-refractivity contribution < 1.29 is 14.3 Å². The highest BCUT2D eigenvalue weighted by molar-refractivity contribution is 5.95. The molecule has 0 aliphatic carbocycles. The Labute approximate surface area is 188 Å². The summed E-state index contributed by atoms with van der Waals surface area (Å²) >= 11 is 0. The van der Waals surface area contributed by atoms with E-state index in [1.54, 1.807) is 18.3 Å². The molecule has 0 aliphatic heterocycles. The second kappa shape index (κ2) is 9.22. The fraction of sp³-hybridized carbons (Fsp3) is 0.269. The zero-order chi connectivity index (χ0) is 23.5. The van der Waals surface area contributed by atoms with Gasteiger partial charge in [-0.1, -0.05) is 32.9 Å². The van der Waals surface area contributed by atoms with E-state index in [-0.39, 0.29) is 17.3 Å². The highest BCUT2D eigenvalue weighted by Gasteiger charge is 2.14. The first-order valence-corrected chi connectivity index (χ1v) is 10.4. The van der Waals surface area contributed by atoms with Crippen molar-refractivity contribution in [3.05, 3.63) is 88.2 Å². The third kappa shape index (κ3) is 4.97. The van der Waals surface area contributed by atoms with E-state index in [9.17, 15) is 9.59 Å². The molecule has 0 bridgehead atoms. The van der Waals surface area contributed by atoms with Gasteiger partial charge in [-0.2, -0.15) is 5.10 Å². The van der Waals surface area contributed by atoms with Gasteiger partial charge in [0.25, 0.3) is 5.91 Å². The SMILES string of the molecule is COC(=O)c1ccc(-n2c(C)cc(/C=N\NC(=O)c3ccc(C(C)(C)C)cc3)c2C)cc1. The highest BCUT2D eigenvalue weighted by atomic mass is 16.5. The van der Waals surface area contributed by atoms with E-state index in [4.69, 9.17) is 4.74 Å². The van der Waals surface area contributed by atoms with E-state index in [1.165, 1.54) is 12.7 Å². The van der Waals surface area contributed by atoms with Gasteiger partial charge in [0.2, 0.25) is 0 Å². The minimum absolute atomic E-state index is 0.0370. The van der Waals surface area contributed by atoms with Crippen LogP contribution in [0.15, 0.2) is 59.7 Å². The zero-order valence-corrected chi connectivity index (χ0v) is 19.4. The largest absolute Gasteiger partial charge is 0.465 e. The Balaban J connectivity index is 1.73. The molecule has 0 saturated heterocycles. The predicted octanol–water partition coefficient (Wildman–Crippen LogP) is 4.94. The lowest BCUT2D eigenvalue weighted by atomic mass is 9.87. The first-order chi connectivity index (χ1) is 15.1. The summed E-state index contributed by atoms with van der Waals surface area (Å²) < 4.78 is 6.82. The number of esters is 1. The van der Waals surface area contributed by atoms with Crippen LogP contribution in [0, 0.1) is 13.8 Å². The van der Waals surface area contributed by atoms with E-state index < -0.39 is 0 Å². The Bertz CT molecular complexity index is 1150. The van der Waals surface area contributed by atoms with Crippen molar-refractivity contribution in [3.63, 3.8) is 0 Å². The maximum atomic E-state index is 12.4. The summed E-state index contributed by atoms with van der Waals surface area (Å²) in [4.78, 5) is 24.1. The molecule has 32 heavy (non-hydrogen) atoms. The molecule has 1 heterocycles. The minimum Gasteiger partial charge on any atom is -0.465 e. The molecule has 0 saturated carbocycles. The second-order valence-corrected chi connectivity index (χ2v) is 8.73. The second-order valence-electron chi connectivity index (χ2n) is 8.73. The molecule has 166 valence electrons. The average molecular weight is 432 g/mol. The monoisotopic (exact) mass is 431 g/mol. The number of hydrogen-bond donors (Lipinski definition) is 1. The van der Waals surface area contributed by atoms with Crippen molar-refractivity contribution in [3.8, 4) is 5.69 Å². The maximum Gasteiger partial charge on any atom is 0.337 e. The summed E-state index contributed by atoms with van der Waals surface area (Å²) in [6.07, 6.45) is 1.64. The predicted molar refractivity (Wildman–Crippen MR) is 127 cm³/mol. The molecule has 1 aromatic heterocycles. The number of carbonyl (C=O) groups excluding carboxylic acids is 2. The van der Waals surface area contributed by atoms with E-state index in [0.29, 0.717) is 11.1 Å². The Hall–Kier alpha value is -3.67. The van der Waals surface area contributed by atoms with Gasteiger partial charge < -0.3 is 9.30 Å². The van der Waals surface area contributed by atoms with Crippen molar-refractivity contribution in [1.82, 2.24) is 9.99 Å². The molecular weight excluding hydrogens is 402 g/mol. The fourth-order valence-corrected chi connectivity index (χ4v) is 3.53. The Morgan fingerprint density at radius 2 is 1.56 bits per heavy atom. The van der Waals surface area contributed by atoms with Crippen molar-refractivity contribution in [2.24, 2.45) is 5.10 Å². The van der Waals surface area contributed by atoms with Gasteiger partial charge in [0.05, 0.1) is 18.9 Å². The molecule has 0 spiro atoms. The number of carbonyl (C=O) groups is 2. The van der Waals surface area contributed by atoms with Gasteiger partial charge in [0.1, 0.15) is 0 Å². The van der Waals surface area contributed by atoms with Crippen LogP contribution in [0.5, 0.6) is 0 Å². The van der Waals surface area contributed by atoms with Crippen LogP contribution in [-0.2, 0) is 10.2 Å². The number of rotatable bonds is 5. The van der Waals surface area contributed by atoms with E-state index in [0.717, 1.165) is 22.6 Å². The smallest absolute Gasteiger partial charge is 0.337 e. The molecule has 0 aliphatic rings. The van der Waals surface area contributed by atoms with Crippen LogP contribution in [-0.4, -0.2) is 29.8 Å². The van der Waals surface area contributed by atoms with E-state index in [1.807, 2.05) is 56.3 Å². The zero-order valence-electron chi connectivity index (χ0n) is 19.4. The van der Waals surface area contributed by atoms with Gasteiger partial charge in [-0.25, -0.2) is 10.2 Å². The van der Waals surface area contributed by atoms with Gasteiger partial charge in [0.15, 0.2) is 0 Å². The van der Waals surface area contributed by atoms with Crippen LogP contribution >= 0.6 is 0 Å². The maximum absolute atomic E-state index is 12.4. The van der Waals surface area contributed by atoms with Crippen LogP contribution in [0.4, 0.5) is 0 Å². The number of ether oxygens (including phenoxy) is 1. The molecule has 3 aromatic rings. The average Bonchev–Trinajstić information content (AvgIpc) is 3.05. The molecule has 1 amide bonds. The molecule has 0 unspecified atom stereocenters. The van der Waals surface area contributed by atoms with Crippen LogP contribution in [0.25, 0.3) is 5.69 Å². The molecule has 1 N–H and O–H groups in total. The summed E-state index contributed by atoms with van der Waals surface area (Å²) in [7, 11) is 1.36. The topological polar surface area (TPSA) is 72.7 Å². The van der Waals surface area contributed by atoms with E-state index >= 15 is 0 Å². The Morgan fingerprint density at radius 3 is 2.12 bits per heavy atom. The van der Waals surface area contributed by atoms with Gasteiger partial charge in [0, 0.05) is 28.2 Å². The molecule has 0 fully saturated rings. The van der Waals surface area contributed by atoms with Gasteiger partial charge in [-0.3, -0.25) is 4.79 Å². The van der Waals surface area contributed by atoms with E-state index in [2.05, 4.69) is 35.9 Å². The number of hydrazone groups is 1. The van der Waals surface area contributed by atoms with Crippen LogP contribution in [0.1, 0.15) is 64.0 Å². The number of nitrogens with one attached hydrogen (secondary N) is 1. The lowest BCUT2D eigenvalue weighted by molar-refractivity contribution is 0.0600.